The van der Waals surface area contributed by atoms with E-state index >= 15 is 0 Å². The van der Waals surface area contributed by atoms with Crippen LogP contribution in [-0.4, -0.2) is 33.5 Å². The number of fused-ring (bicyclic) bond motifs is 3. The van der Waals surface area contributed by atoms with E-state index in [1.165, 1.54) is 11.8 Å². The zero-order valence-corrected chi connectivity index (χ0v) is 20.2. The molecule has 0 aliphatic carbocycles. The number of nitrogens with zero attached hydrogens (tertiary/aromatic N) is 4. The average Bonchev–Trinajstić information content (AvgIpc) is 3.53. The fraction of sp³-hybridized carbons (Fsp3) is 0.103. The molecule has 8 heteroatoms. The minimum Gasteiger partial charge on any atom is -0.467 e. The van der Waals surface area contributed by atoms with Crippen LogP contribution in [0.2, 0.25) is 0 Å². The van der Waals surface area contributed by atoms with Crippen molar-refractivity contribution in [2.24, 2.45) is 5.10 Å². The molecule has 6 rings (SSSR count). The molecule has 0 spiro atoms. The maximum Gasteiger partial charge on any atom is 0.328 e. The molecule has 0 unspecified atom stereocenters. The van der Waals surface area contributed by atoms with Crippen LogP contribution in [0, 0.1) is 0 Å². The molecular weight excluding hydrogens is 468 g/mol. The van der Waals surface area contributed by atoms with Crippen molar-refractivity contribution in [2.75, 3.05) is 7.11 Å². The Balaban J connectivity index is 1.54. The van der Waals surface area contributed by atoms with Crippen molar-refractivity contribution in [2.45, 2.75) is 13.0 Å². The van der Waals surface area contributed by atoms with E-state index in [2.05, 4.69) is 5.10 Å². The Morgan fingerprint density at radius 2 is 1.76 bits per heavy atom. The molecule has 0 radical (unpaired) electrons. The van der Waals surface area contributed by atoms with Gasteiger partial charge in [0, 0.05) is 28.0 Å². The smallest absolute Gasteiger partial charge is 0.328 e. The van der Waals surface area contributed by atoms with Gasteiger partial charge in [-0.15, -0.1) is 0 Å². The molecule has 3 aromatic carbocycles. The van der Waals surface area contributed by atoms with E-state index in [0.29, 0.717) is 28.1 Å². The third kappa shape index (κ3) is 3.79. The largest absolute Gasteiger partial charge is 0.467 e. The summed E-state index contributed by atoms with van der Waals surface area (Å²) in [7, 11) is 1.37. The molecule has 0 fully saturated rings. The fourth-order valence-corrected chi connectivity index (χ4v) is 4.54. The van der Waals surface area contributed by atoms with Crippen LogP contribution < -0.4 is 5.56 Å². The molecule has 0 N–H and O–H groups in total. The summed E-state index contributed by atoms with van der Waals surface area (Å²) in [6, 6.07) is 23.8. The first-order chi connectivity index (χ1) is 18.0. The number of hydrogen-bond acceptors (Lipinski definition) is 6. The van der Waals surface area contributed by atoms with Crippen molar-refractivity contribution in [1.29, 1.82) is 0 Å². The van der Waals surface area contributed by atoms with Crippen LogP contribution in [0.25, 0.3) is 44.4 Å². The number of para-hydroxylation sites is 3. The SMILES string of the molecule is COC(=O)[C@@H](C)n1cc(C=Nn2c(-c3cc4ccccc4o3)nc3ccccc3c2=O)c2ccccc21. The van der Waals surface area contributed by atoms with Gasteiger partial charge in [-0.2, -0.15) is 9.78 Å². The second-order valence-electron chi connectivity index (χ2n) is 8.67. The van der Waals surface area contributed by atoms with Crippen molar-refractivity contribution >= 4 is 45.0 Å². The number of esters is 1. The van der Waals surface area contributed by atoms with Gasteiger partial charge in [-0.05, 0) is 37.3 Å². The highest BCUT2D eigenvalue weighted by molar-refractivity contribution is 6.00. The van der Waals surface area contributed by atoms with Crippen molar-refractivity contribution in [3.05, 3.63) is 101 Å². The molecule has 3 heterocycles. The number of ether oxygens (including phenoxy) is 1. The quantitative estimate of drug-likeness (QED) is 0.239. The van der Waals surface area contributed by atoms with E-state index < -0.39 is 6.04 Å². The van der Waals surface area contributed by atoms with E-state index in [4.69, 9.17) is 14.1 Å². The standard InChI is InChI=1S/C29H22N4O4/c1-18(29(35)36-2)32-17-20(21-10-5-7-13-24(21)32)16-30-33-27(26-15-19-9-3-8-14-25(19)37-26)31-23-12-6-4-11-22(23)28(33)34/h3-18H,1-2H3/t18-/m1/s1. The van der Waals surface area contributed by atoms with E-state index in [-0.39, 0.29) is 11.5 Å². The Morgan fingerprint density at radius 3 is 2.57 bits per heavy atom. The van der Waals surface area contributed by atoms with Gasteiger partial charge in [0.15, 0.2) is 5.76 Å². The van der Waals surface area contributed by atoms with Gasteiger partial charge in [0.2, 0.25) is 5.82 Å². The lowest BCUT2D eigenvalue weighted by Crippen LogP contribution is -2.20. The van der Waals surface area contributed by atoms with E-state index in [9.17, 15) is 9.59 Å². The van der Waals surface area contributed by atoms with Crippen molar-refractivity contribution in [1.82, 2.24) is 14.2 Å². The monoisotopic (exact) mass is 490 g/mol. The van der Waals surface area contributed by atoms with Gasteiger partial charge in [-0.25, -0.2) is 9.78 Å². The minimum atomic E-state index is -0.534. The van der Waals surface area contributed by atoms with E-state index in [1.54, 1.807) is 31.3 Å². The molecule has 3 aromatic heterocycles. The van der Waals surface area contributed by atoms with Crippen LogP contribution in [0.5, 0.6) is 0 Å². The highest BCUT2D eigenvalue weighted by atomic mass is 16.5. The number of hydrogen-bond donors (Lipinski definition) is 0. The topological polar surface area (TPSA) is 91.6 Å². The summed E-state index contributed by atoms with van der Waals surface area (Å²) >= 11 is 0. The number of furan rings is 1. The van der Waals surface area contributed by atoms with Crippen molar-refractivity contribution < 1.29 is 13.9 Å². The molecule has 0 bridgehead atoms. The fourth-order valence-electron chi connectivity index (χ4n) is 4.54. The van der Waals surface area contributed by atoms with Crippen LogP contribution in [0.4, 0.5) is 0 Å². The van der Waals surface area contributed by atoms with Gasteiger partial charge in [-0.3, -0.25) is 4.79 Å². The molecule has 8 nitrogen and oxygen atoms in total. The van der Waals surface area contributed by atoms with Gasteiger partial charge in [0.05, 0.1) is 24.2 Å². The third-order valence-electron chi connectivity index (χ3n) is 6.44. The van der Waals surface area contributed by atoms with Gasteiger partial charge >= 0.3 is 5.97 Å². The zero-order valence-electron chi connectivity index (χ0n) is 20.2. The van der Waals surface area contributed by atoms with Gasteiger partial charge in [0.25, 0.3) is 5.56 Å². The molecule has 0 saturated heterocycles. The molecule has 0 saturated carbocycles. The summed E-state index contributed by atoms with van der Waals surface area (Å²) in [5.41, 5.74) is 2.52. The lowest BCUT2D eigenvalue weighted by Gasteiger charge is -2.12. The first kappa shape index (κ1) is 22.5. The number of methoxy groups -OCH3 is 1. The van der Waals surface area contributed by atoms with Gasteiger partial charge < -0.3 is 13.7 Å². The highest BCUT2D eigenvalue weighted by Gasteiger charge is 2.20. The predicted molar refractivity (Wildman–Crippen MR) is 143 cm³/mol. The number of carbonyl (C=O) groups is 1. The second-order valence-corrected chi connectivity index (χ2v) is 8.67. The Labute approximate surface area is 211 Å². The third-order valence-corrected chi connectivity index (χ3v) is 6.44. The molecule has 0 amide bonds. The number of aromatic nitrogens is 3. The number of benzene rings is 3. The molecule has 0 aliphatic heterocycles. The van der Waals surface area contributed by atoms with Crippen LogP contribution in [0.1, 0.15) is 18.5 Å². The maximum absolute atomic E-state index is 13.6. The lowest BCUT2D eigenvalue weighted by atomic mass is 10.2. The number of carbonyl (C=O) groups excluding carboxylic acids is 1. The Morgan fingerprint density at radius 1 is 1.03 bits per heavy atom. The first-order valence-corrected chi connectivity index (χ1v) is 11.8. The van der Waals surface area contributed by atoms with E-state index in [0.717, 1.165) is 21.9 Å². The minimum absolute atomic E-state index is 0.294. The normalized spacial score (nSPS) is 12.6. The molecule has 1 atom stereocenters. The summed E-state index contributed by atoms with van der Waals surface area (Å²) in [6.45, 7) is 1.77. The van der Waals surface area contributed by atoms with Gasteiger partial charge in [-0.1, -0.05) is 48.5 Å². The highest BCUT2D eigenvalue weighted by Crippen LogP contribution is 2.28. The predicted octanol–water partition coefficient (Wildman–Crippen LogP) is 5.38. The van der Waals surface area contributed by atoms with Crippen LogP contribution in [0.15, 0.2) is 99.4 Å². The van der Waals surface area contributed by atoms with E-state index in [1.807, 2.05) is 71.4 Å². The van der Waals surface area contributed by atoms with Crippen LogP contribution in [0.3, 0.4) is 0 Å². The summed E-state index contributed by atoms with van der Waals surface area (Å²) in [4.78, 5) is 30.5. The second kappa shape index (κ2) is 8.91. The summed E-state index contributed by atoms with van der Waals surface area (Å²) < 4.78 is 14.1. The molecule has 37 heavy (non-hydrogen) atoms. The Kier molecular flexibility index (Phi) is 5.41. The Hall–Kier alpha value is -4.98. The van der Waals surface area contributed by atoms with Crippen LogP contribution in [-0.2, 0) is 9.53 Å². The number of rotatable bonds is 5. The molecule has 182 valence electrons. The summed E-state index contributed by atoms with van der Waals surface area (Å²) in [5, 5.41) is 6.82. The summed E-state index contributed by atoms with van der Waals surface area (Å²) in [6.07, 6.45) is 3.43. The van der Waals surface area contributed by atoms with Crippen molar-refractivity contribution in [3.63, 3.8) is 0 Å². The average molecular weight is 491 g/mol. The Bertz CT molecular complexity index is 1860. The molecule has 0 aliphatic rings. The maximum atomic E-state index is 13.6. The summed E-state index contributed by atoms with van der Waals surface area (Å²) in [5.74, 6) is 0.372. The van der Waals surface area contributed by atoms with Crippen LogP contribution >= 0.6 is 0 Å². The van der Waals surface area contributed by atoms with Gasteiger partial charge in [0.1, 0.15) is 11.6 Å². The zero-order chi connectivity index (χ0) is 25.5. The molecular formula is C29H22N4O4. The first-order valence-electron chi connectivity index (χ1n) is 11.8. The lowest BCUT2D eigenvalue weighted by molar-refractivity contribution is -0.143. The van der Waals surface area contributed by atoms with Crippen molar-refractivity contribution in [3.8, 4) is 11.6 Å². The molecule has 6 aromatic rings.